The molecular weight excluding hydrogens is 278 g/mol. The van der Waals surface area contributed by atoms with Crippen LogP contribution < -0.4 is 19.5 Å². The van der Waals surface area contributed by atoms with Crippen molar-refractivity contribution in [1.82, 2.24) is 5.32 Å². The van der Waals surface area contributed by atoms with Gasteiger partial charge in [-0.2, -0.15) is 0 Å². The first kappa shape index (κ1) is 16.6. The molecule has 0 aromatic heterocycles. The number of aryl methyl sites for hydroxylation is 1. The molecule has 0 fully saturated rings. The molecule has 0 aliphatic rings. The first-order valence-electron chi connectivity index (χ1n) is 6.29. The third-order valence-corrected chi connectivity index (χ3v) is 2.80. The average Bonchev–Trinajstić information content (AvgIpc) is 2.49. The molecule has 1 amide bonds. The molecule has 0 atom stereocenters. The largest absolute Gasteiger partial charge is 0.493 e. The predicted molar refractivity (Wildman–Crippen MR) is 75.1 cm³/mol. The Kier molecular flexibility index (Phi) is 6.32. The van der Waals surface area contributed by atoms with Crippen molar-refractivity contribution in [2.75, 3.05) is 27.9 Å². The maximum Gasteiger partial charge on any atom is 0.322 e. The highest BCUT2D eigenvalue weighted by atomic mass is 16.5. The van der Waals surface area contributed by atoms with Crippen LogP contribution in [0.5, 0.6) is 17.2 Å². The Morgan fingerprint density at radius 1 is 1.10 bits per heavy atom. The third kappa shape index (κ3) is 4.87. The van der Waals surface area contributed by atoms with Crippen LogP contribution in [0.25, 0.3) is 0 Å². The maximum absolute atomic E-state index is 11.5. The van der Waals surface area contributed by atoms with E-state index in [0.29, 0.717) is 23.7 Å². The predicted octanol–water partition coefficient (Wildman–Crippen LogP) is 0.846. The van der Waals surface area contributed by atoms with E-state index in [0.717, 1.165) is 5.56 Å². The van der Waals surface area contributed by atoms with Crippen molar-refractivity contribution in [2.45, 2.75) is 12.8 Å². The van der Waals surface area contributed by atoms with Gasteiger partial charge in [0.05, 0.1) is 21.3 Å². The van der Waals surface area contributed by atoms with Gasteiger partial charge in [-0.25, -0.2) is 0 Å². The first-order valence-corrected chi connectivity index (χ1v) is 6.29. The van der Waals surface area contributed by atoms with E-state index in [-0.39, 0.29) is 18.9 Å². The SMILES string of the molecule is COc1cc(CCC(=O)NCC(=O)O)cc(OC)c1OC. The van der Waals surface area contributed by atoms with Gasteiger partial charge in [0.2, 0.25) is 11.7 Å². The zero-order chi connectivity index (χ0) is 15.8. The number of carboxylic acids is 1. The number of methoxy groups -OCH3 is 3. The van der Waals surface area contributed by atoms with Crippen molar-refractivity contribution in [1.29, 1.82) is 0 Å². The Balaban J connectivity index is 2.75. The molecule has 0 aliphatic carbocycles. The van der Waals surface area contributed by atoms with E-state index in [1.807, 2.05) is 0 Å². The quantitative estimate of drug-likeness (QED) is 0.738. The lowest BCUT2D eigenvalue weighted by Gasteiger charge is -2.14. The maximum atomic E-state index is 11.5. The molecule has 7 nitrogen and oxygen atoms in total. The first-order chi connectivity index (χ1) is 10.0. The molecule has 2 N–H and O–H groups in total. The fourth-order valence-electron chi connectivity index (χ4n) is 1.80. The van der Waals surface area contributed by atoms with Gasteiger partial charge in [0.15, 0.2) is 11.5 Å². The van der Waals surface area contributed by atoms with Gasteiger partial charge in [0.25, 0.3) is 0 Å². The van der Waals surface area contributed by atoms with Gasteiger partial charge in [-0.05, 0) is 24.1 Å². The second-order valence-electron chi connectivity index (χ2n) is 4.20. The molecule has 1 aromatic carbocycles. The summed E-state index contributed by atoms with van der Waals surface area (Å²) >= 11 is 0. The molecule has 21 heavy (non-hydrogen) atoms. The van der Waals surface area contributed by atoms with Gasteiger partial charge in [0.1, 0.15) is 6.54 Å². The molecule has 0 heterocycles. The lowest BCUT2D eigenvalue weighted by Crippen LogP contribution is -2.29. The summed E-state index contributed by atoms with van der Waals surface area (Å²) in [6.07, 6.45) is 0.605. The van der Waals surface area contributed by atoms with Crippen molar-refractivity contribution >= 4 is 11.9 Å². The Labute approximate surface area is 122 Å². The standard InChI is InChI=1S/C14H19NO6/c1-19-10-6-9(7-11(20-2)14(10)21-3)4-5-12(16)15-8-13(17)18/h6-7H,4-5,8H2,1-3H3,(H,15,16)(H,17,18). The van der Waals surface area contributed by atoms with Crippen LogP contribution in [0, 0.1) is 0 Å². The normalized spacial score (nSPS) is 9.86. The van der Waals surface area contributed by atoms with Crippen LogP contribution in [0.1, 0.15) is 12.0 Å². The molecule has 116 valence electrons. The molecule has 0 aliphatic heterocycles. The second kappa shape index (κ2) is 7.98. The molecule has 0 saturated carbocycles. The summed E-state index contributed by atoms with van der Waals surface area (Å²) in [6.45, 7) is -0.381. The number of carbonyl (C=O) groups is 2. The molecule has 0 radical (unpaired) electrons. The number of nitrogens with one attached hydrogen (secondary N) is 1. The Bertz CT molecular complexity index is 489. The lowest BCUT2D eigenvalue weighted by atomic mass is 10.1. The molecule has 1 aromatic rings. The number of benzene rings is 1. The van der Waals surface area contributed by atoms with E-state index in [4.69, 9.17) is 19.3 Å². The Hall–Kier alpha value is -2.44. The third-order valence-electron chi connectivity index (χ3n) is 2.80. The number of carboxylic acid groups (broad SMARTS) is 1. The summed E-state index contributed by atoms with van der Waals surface area (Å²) < 4.78 is 15.7. The summed E-state index contributed by atoms with van der Waals surface area (Å²) in [5, 5.41) is 10.8. The summed E-state index contributed by atoms with van der Waals surface area (Å²) in [5.41, 5.74) is 0.829. The van der Waals surface area contributed by atoms with Crippen LogP contribution in [0.15, 0.2) is 12.1 Å². The topological polar surface area (TPSA) is 94.1 Å². The zero-order valence-corrected chi connectivity index (χ0v) is 12.3. The molecule has 0 spiro atoms. The minimum absolute atomic E-state index is 0.173. The van der Waals surface area contributed by atoms with Gasteiger partial charge >= 0.3 is 5.97 Å². The minimum atomic E-state index is -1.07. The zero-order valence-electron chi connectivity index (χ0n) is 12.3. The number of hydrogen-bond acceptors (Lipinski definition) is 5. The van der Waals surface area contributed by atoms with Crippen LogP contribution in [0.3, 0.4) is 0 Å². The minimum Gasteiger partial charge on any atom is -0.493 e. The number of ether oxygens (including phenoxy) is 3. The number of hydrogen-bond donors (Lipinski definition) is 2. The van der Waals surface area contributed by atoms with E-state index in [1.165, 1.54) is 21.3 Å². The molecule has 0 unspecified atom stereocenters. The van der Waals surface area contributed by atoms with Gasteiger partial charge in [0, 0.05) is 6.42 Å². The van der Waals surface area contributed by atoms with E-state index < -0.39 is 5.97 Å². The fraction of sp³-hybridized carbons (Fsp3) is 0.429. The highest BCUT2D eigenvalue weighted by Crippen LogP contribution is 2.38. The summed E-state index contributed by atoms with van der Waals surface area (Å²) in [5.74, 6) is 0.108. The van der Waals surface area contributed by atoms with Crippen molar-refractivity contribution in [3.8, 4) is 17.2 Å². The van der Waals surface area contributed by atoms with Crippen LogP contribution in [-0.2, 0) is 16.0 Å². The van der Waals surface area contributed by atoms with Crippen molar-refractivity contribution in [3.05, 3.63) is 17.7 Å². The van der Waals surface area contributed by atoms with E-state index in [2.05, 4.69) is 5.32 Å². The molecule has 7 heteroatoms. The molecular formula is C14H19NO6. The Morgan fingerprint density at radius 2 is 1.67 bits per heavy atom. The summed E-state index contributed by atoms with van der Waals surface area (Å²) in [4.78, 5) is 21.8. The van der Waals surface area contributed by atoms with Crippen molar-refractivity contribution < 1.29 is 28.9 Å². The van der Waals surface area contributed by atoms with Crippen LogP contribution in [-0.4, -0.2) is 44.9 Å². The summed E-state index contributed by atoms with van der Waals surface area (Å²) in [7, 11) is 4.54. The number of aliphatic carboxylic acids is 1. The van der Waals surface area contributed by atoms with Crippen LogP contribution in [0.4, 0.5) is 0 Å². The number of amides is 1. The van der Waals surface area contributed by atoms with Crippen molar-refractivity contribution in [2.24, 2.45) is 0 Å². The fourth-order valence-corrected chi connectivity index (χ4v) is 1.80. The highest BCUT2D eigenvalue weighted by Gasteiger charge is 2.14. The highest BCUT2D eigenvalue weighted by molar-refractivity contribution is 5.81. The van der Waals surface area contributed by atoms with Gasteiger partial charge in [-0.3, -0.25) is 9.59 Å². The van der Waals surface area contributed by atoms with Crippen LogP contribution >= 0.6 is 0 Å². The van der Waals surface area contributed by atoms with Crippen LogP contribution in [0.2, 0.25) is 0 Å². The number of carbonyl (C=O) groups excluding carboxylic acids is 1. The molecule has 0 saturated heterocycles. The molecule has 1 rings (SSSR count). The second-order valence-corrected chi connectivity index (χ2v) is 4.20. The smallest absolute Gasteiger partial charge is 0.322 e. The average molecular weight is 297 g/mol. The Morgan fingerprint density at radius 3 is 2.10 bits per heavy atom. The van der Waals surface area contributed by atoms with Crippen molar-refractivity contribution in [3.63, 3.8) is 0 Å². The van der Waals surface area contributed by atoms with Gasteiger partial charge < -0.3 is 24.6 Å². The lowest BCUT2D eigenvalue weighted by molar-refractivity contribution is -0.137. The van der Waals surface area contributed by atoms with Gasteiger partial charge in [-0.1, -0.05) is 0 Å². The van der Waals surface area contributed by atoms with E-state index >= 15 is 0 Å². The monoisotopic (exact) mass is 297 g/mol. The molecule has 0 bridgehead atoms. The van der Waals surface area contributed by atoms with Gasteiger partial charge in [-0.15, -0.1) is 0 Å². The summed E-state index contributed by atoms with van der Waals surface area (Å²) in [6, 6.07) is 3.51. The number of rotatable bonds is 8. The van der Waals surface area contributed by atoms with E-state index in [1.54, 1.807) is 12.1 Å². The van der Waals surface area contributed by atoms with E-state index in [9.17, 15) is 9.59 Å².